The monoisotopic (exact) mass is 331 g/mol. The fraction of sp³-hybridized carbons (Fsp3) is 0.300. The smallest absolute Gasteiger partial charge is 0.152 e. The van der Waals surface area contributed by atoms with Gasteiger partial charge < -0.3 is 10.3 Å². The van der Waals surface area contributed by atoms with Crippen molar-refractivity contribution < 1.29 is 0 Å². The second-order valence-electron chi connectivity index (χ2n) is 6.91. The van der Waals surface area contributed by atoms with Crippen LogP contribution < -0.4 is 5.32 Å². The molecule has 0 amide bonds. The van der Waals surface area contributed by atoms with Crippen molar-refractivity contribution in [3.05, 3.63) is 48.0 Å². The SMILES string of the molecule is CNc1nccn2c(C3CCC3)nc(-c3cc4cccc(C)c4[nH]3)c12. The third-order valence-electron chi connectivity index (χ3n) is 5.41. The molecule has 0 atom stereocenters. The number of fused-ring (bicyclic) bond motifs is 2. The van der Waals surface area contributed by atoms with Crippen LogP contribution in [0.3, 0.4) is 0 Å². The van der Waals surface area contributed by atoms with Crippen molar-refractivity contribution in [1.82, 2.24) is 19.4 Å². The molecule has 3 heterocycles. The molecule has 0 unspecified atom stereocenters. The predicted octanol–water partition coefficient (Wildman–Crippen LogP) is 4.50. The first kappa shape index (κ1) is 14.5. The fourth-order valence-corrected chi connectivity index (χ4v) is 3.82. The molecule has 0 bridgehead atoms. The van der Waals surface area contributed by atoms with Gasteiger partial charge >= 0.3 is 0 Å². The van der Waals surface area contributed by atoms with Gasteiger partial charge in [-0.3, -0.25) is 4.40 Å². The van der Waals surface area contributed by atoms with Crippen LogP contribution in [0.1, 0.15) is 36.6 Å². The van der Waals surface area contributed by atoms with Crippen LogP contribution in [-0.4, -0.2) is 26.4 Å². The number of para-hydroxylation sites is 1. The third-order valence-corrected chi connectivity index (χ3v) is 5.41. The zero-order valence-electron chi connectivity index (χ0n) is 14.5. The van der Waals surface area contributed by atoms with E-state index in [0.717, 1.165) is 28.5 Å². The Morgan fingerprint density at radius 1 is 1.28 bits per heavy atom. The molecule has 1 saturated carbocycles. The first-order valence-electron chi connectivity index (χ1n) is 8.89. The van der Waals surface area contributed by atoms with E-state index in [2.05, 4.69) is 50.9 Å². The molecule has 1 aromatic carbocycles. The Morgan fingerprint density at radius 3 is 2.88 bits per heavy atom. The Hall–Kier alpha value is -2.82. The van der Waals surface area contributed by atoms with E-state index in [1.54, 1.807) is 0 Å². The van der Waals surface area contributed by atoms with Crippen molar-refractivity contribution in [2.45, 2.75) is 32.1 Å². The standard InChI is InChI=1S/C20H21N5/c1-12-5-3-8-14-11-15(23-16(12)14)17-18-19(21-2)22-9-10-25(18)20(24-17)13-6-4-7-13/h3,5,8-11,13,23H,4,6-7H2,1-2H3,(H,21,22). The van der Waals surface area contributed by atoms with E-state index < -0.39 is 0 Å². The number of anilines is 1. The van der Waals surface area contributed by atoms with Crippen molar-refractivity contribution in [3.8, 4) is 11.4 Å². The van der Waals surface area contributed by atoms with Gasteiger partial charge in [0.25, 0.3) is 0 Å². The summed E-state index contributed by atoms with van der Waals surface area (Å²) in [7, 11) is 1.91. The first-order chi connectivity index (χ1) is 12.3. The van der Waals surface area contributed by atoms with Crippen LogP contribution in [0, 0.1) is 6.92 Å². The highest BCUT2D eigenvalue weighted by Gasteiger charge is 2.27. The maximum absolute atomic E-state index is 5.07. The van der Waals surface area contributed by atoms with Gasteiger partial charge in [-0.05, 0) is 31.4 Å². The Bertz CT molecular complexity index is 1080. The molecule has 5 nitrogen and oxygen atoms in total. The molecule has 0 aliphatic heterocycles. The molecule has 5 rings (SSSR count). The minimum atomic E-state index is 0.555. The molecule has 25 heavy (non-hydrogen) atoms. The van der Waals surface area contributed by atoms with E-state index >= 15 is 0 Å². The van der Waals surface area contributed by atoms with Crippen LogP contribution in [0.25, 0.3) is 27.8 Å². The summed E-state index contributed by atoms with van der Waals surface area (Å²) in [5, 5.41) is 4.45. The van der Waals surface area contributed by atoms with Gasteiger partial charge in [0.1, 0.15) is 17.0 Å². The number of rotatable bonds is 3. The molecular formula is C20H21N5. The first-order valence-corrected chi connectivity index (χ1v) is 8.89. The van der Waals surface area contributed by atoms with Gasteiger partial charge in [-0.15, -0.1) is 0 Å². The average molecular weight is 331 g/mol. The average Bonchev–Trinajstić information content (AvgIpc) is 3.16. The summed E-state index contributed by atoms with van der Waals surface area (Å²) in [5.74, 6) is 2.58. The van der Waals surface area contributed by atoms with Gasteiger partial charge in [-0.1, -0.05) is 24.6 Å². The highest BCUT2D eigenvalue weighted by Crippen LogP contribution is 2.39. The summed E-state index contributed by atoms with van der Waals surface area (Å²) in [6.07, 6.45) is 7.63. The van der Waals surface area contributed by atoms with Crippen LogP contribution >= 0.6 is 0 Å². The van der Waals surface area contributed by atoms with Crippen molar-refractivity contribution in [2.24, 2.45) is 0 Å². The highest BCUT2D eigenvalue weighted by molar-refractivity contribution is 5.92. The summed E-state index contributed by atoms with van der Waals surface area (Å²) >= 11 is 0. The Balaban J connectivity index is 1.80. The maximum atomic E-state index is 5.07. The second kappa shape index (κ2) is 5.34. The van der Waals surface area contributed by atoms with Crippen molar-refractivity contribution >= 4 is 22.2 Å². The molecule has 1 aliphatic rings. The van der Waals surface area contributed by atoms with E-state index in [1.165, 1.54) is 35.7 Å². The molecule has 0 spiro atoms. The lowest BCUT2D eigenvalue weighted by atomic mass is 9.85. The molecule has 1 aliphatic carbocycles. The number of aryl methyl sites for hydroxylation is 1. The Labute approximate surface area is 146 Å². The molecule has 1 fully saturated rings. The topological polar surface area (TPSA) is 58.0 Å². The fourth-order valence-electron chi connectivity index (χ4n) is 3.82. The molecule has 2 N–H and O–H groups in total. The summed E-state index contributed by atoms with van der Waals surface area (Å²) in [6, 6.07) is 8.57. The summed E-state index contributed by atoms with van der Waals surface area (Å²) < 4.78 is 2.22. The van der Waals surface area contributed by atoms with Crippen LogP contribution in [0.2, 0.25) is 0 Å². The van der Waals surface area contributed by atoms with Crippen molar-refractivity contribution in [2.75, 3.05) is 12.4 Å². The highest BCUT2D eigenvalue weighted by atomic mass is 15.1. The number of aromatic nitrogens is 4. The number of hydrogen-bond acceptors (Lipinski definition) is 3. The number of imidazole rings is 1. The lowest BCUT2D eigenvalue weighted by Gasteiger charge is -2.23. The van der Waals surface area contributed by atoms with Crippen molar-refractivity contribution in [1.29, 1.82) is 0 Å². The number of hydrogen-bond donors (Lipinski definition) is 2. The maximum Gasteiger partial charge on any atom is 0.152 e. The third kappa shape index (κ3) is 2.08. The zero-order valence-corrected chi connectivity index (χ0v) is 14.5. The normalized spacial score (nSPS) is 15.0. The van der Waals surface area contributed by atoms with E-state index in [-0.39, 0.29) is 0 Å². The van der Waals surface area contributed by atoms with E-state index in [1.807, 2.05) is 19.4 Å². The van der Waals surface area contributed by atoms with Gasteiger partial charge in [-0.25, -0.2) is 9.97 Å². The van der Waals surface area contributed by atoms with E-state index in [0.29, 0.717) is 5.92 Å². The molecule has 3 aromatic heterocycles. The van der Waals surface area contributed by atoms with E-state index in [9.17, 15) is 0 Å². The van der Waals surface area contributed by atoms with Crippen LogP contribution in [-0.2, 0) is 0 Å². The van der Waals surface area contributed by atoms with Gasteiger partial charge in [0.15, 0.2) is 5.82 Å². The van der Waals surface area contributed by atoms with Crippen LogP contribution in [0.15, 0.2) is 36.7 Å². The van der Waals surface area contributed by atoms with Gasteiger partial charge in [0.05, 0.1) is 5.69 Å². The number of benzene rings is 1. The predicted molar refractivity (Wildman–Crippen MR) is 101 cm³/mol. The summed E-state index contributed by atoms with van der Waals surface area (Å²) in [6.45, 7) is 2.13. The van der Waals surface area contributed by atoms with Crippen LogP contribution in [0.4, 0.5) is 5.82 Å². The quantitative estimate of drug-likeness (QED) is 0.581. The Kier molecular flexibility index (Phi) is 3.10. The summed E-state index contributed by atoms with van der Waals surface area (Å²) in [5.41, 5.74) is 5.51. The lowest BCUT2D eigenvalue weighted by Crippen LogP contribution is -2.12. The summed E-state index contributed by atoms with van der Waals surface area (Å²) in [4.78, 5) is 13.2. The second-order valence-corrected chi connectivity index (χ2v) is 6.91. The van der Waals surface area contributed by atoms with Gasteiger partial charge in [-0.2, -0.15) is 0 Å². The number of nitrogens with zero attached hydrogens (tertiary/aromatic N) is 3. The van der Waals surface area contributed by atoms with Crippen LogP contribution in [0.5, 0.6) is 0 Å². The van der Waals surface area contributed by atoms with Gasteiger partial charge in [0, 0.05) is 36.3 Å². The molecule has 5 heteroatoms. The lowest BCUT2D eigenvalue weighted by molar-refractivity contribution is 0.400. The van der Waals surface area contributed by atoms with E-state index in [4.69, 9.17) is 4.98 Å². The minimum absolute atomic E-state index is 0.555. The minimum Gasteiger partial charge on any atom is -0.371 e. The zero-order chi connectivity index (χ0) is 17.0. The Morgan fingerprint density at radius 2 is 2.16 bits per heavy atom. The number of nitrogens with one attached hydrogen (secondary N) is 2. The molecule has 126 valence electrons. The number of H-pyrrole nitrogens is 1. The van der Waals surface area contributed by atoms with Gasteiger partial charge in [0.2, 0.25) is 0 Å². The molecule has 4 aromatic rings. The number of aromatic amines is 1. The molecular weight excluding hydrogens is 310 g/mol. The molecule has 0 saturated heterocycles. The largest absolute Gasteiger partial charge is 0.371 e. The van der Waals surface area contributed by atoms with Crippen molar-refractivity contribution in [3.63, 3.8) is 0 Å². The molecule has 0 radical (unpaired) electrons.